The van der Waals surface area contributed by atoms with Gasteiger partial charge in [-0.05, 0) is 20.8 Å². The first-order valence-electron chi connectivity index (χ1n) is 2.73. The first-order chi connectivity index (χ1) is 3.66. The maximum absolute atomic E-state index is 8.02. The summed E-state index contributed by atoms with van der Waals surface area (Å²) in [6, 6.07) is 0.345. The van der Waals surface area contributed by atoms with Gasteiger partial charge in [0.05, 0.1) is 0 Å². The van der Waals surface area contributed by atoms with E-state index < -0.39 is 0 Å². The molecule has 0 fully saturated rings. The van der Waals surface area contributed by atoms with Gasteiger partial charge in [0, 0.05) is 6.04 Å². The van der Waals surface area contributed by atoms with Gasteiger partial charge in [-0.1, -0.05) is 0 Å². The molecule has 0 rings (SSSR count). The summed E-state index contributed by atoms with van der Waals surface area (Å²) < 4.78 is 0. The van der Waals surface area contributed by atoms with Crippen molar-refractivity contribution in [2.24, 2.45) is 0 Å². The van der Waals surface area contributed by atoms with Crippen LogP contribution in [-0.4, -0.2) is 17.5 Å². The predicted molar refractivity (Wildman–Crippen MR) is 31.4 cm³/mol. The predicted octanol–water partition coefficient (Wildman–Crippen LogP) is 0.820. The van der Waals surface area contributed by atoms with Crippen LogP contribution in [0.25, 0.3) is 0 Å². The van der Waals surface area contributed by atoms with Crippen LogP contribution in [0.3, 0.4) is 0 Å². The van der Waals surface area contributed by atoms with E-state index in [1.165, 1.54) is 0 Å². The third-order valence-electron chi connectivity index (χ3n) is 0.726. The minimum atomic E-state index is -0.269. The molecule has 0 bridgehead atoms. The zero-order valence-electron chi connectivity index (χ0n) is 5.51. The molecule has 3 heteroatoms. The second-order valence-corrected chi connectivity index (χ2v) is 2.07. The Balaban J connectivity index is 3.10. The van der Waals surface area contributed by atoms with Crippen LogP contribution in [-0.2, 0) is 4.89 Å². The van der Waals surface area contributed by atoms with E-state index in [0.29, 0.717) is 6.04 Å². The van der Waals surface area contributed by atoms with Crippen LogP contribution in [0.2, 0.25) is 0 Å². The van der Waals surface area contributed by atoms with Gasteiger partial charge in [-0.3, -0.25) is 10.6 Å². The van der Waals surface area contributed by atoms with E-state index in [9.17, 15) is 0 Å². The fourth-order valence-electron chi connectivity index (χ4n) is 0.500. The third kappa shape index (κ3) is 4.05. The summed E-state index contributed by atoms with van der Waals surface area (Å²) in [4.78, 5) is 3.95. The van der Waals surface area contributed by atoms with Crippen molar-refractivity contribution in [3.8, 4) is 0 Å². The minimum absolute atomic E-state index is 0.269. The maximum Gasteiger partial charge on any atom is 0.140 e. The Morgan fingerprint density at radius 1 is 1.38 bits per heavy atom. The lowest BCUT2D eigenvalue weighted by Crippen LogP contribution is -2.33. The molecule has 0 radical (unpaired) electrons. The van der Waals surface area contributed by atoms with Crippen LogP contribution >= 0.6 is 0 Å². The third-order valence-corrected chi connectivity index (χ3v) is 0.726. The molecular formula is C5H13NO2. The molecule has 0 aromatic rings. The summed E-state index contributed by atoms with van der Waals surface area (Å²) in [5, 5.41) is 10.9. The highest BCUT2D eigenvalue weighted by Crippen LogP contribution is 1.83. The molecule has 2 N–H and O–H groups in total. The van der Waals surface area contributed by atoms with Gasteiger partial charge < -0.3 is 0 Å². The quantitative estimate of drug-likeness (QED) is 0.328. The van der Waals surface area contributed by atoms with Crippen molar-refractivity contribution < 1.29 is 10.1 Å². The second kappa shape index (κ2) is 3.83. The number of rotatable bonds is 3. The first kappa shape index (κ1) is 7.88. The van der Waals surface area contributed by atoms with Crippen LogP contribution < -0.4 is 5.32 Å². The maximum atomic E-state index is 8.02. The lowest BCUT2D eigenvalue weighted by atomic mass is 10.4. The van der Waals surface area contributed by atoms with Crippen molar-refractivity contribution in [3.05, 3.63) is 0 Å². The Morgan fingerprint density at radius 2 is 1.88 bits per heavy atom. The van der Waals surface area contributed by atoms with Crippen molar-refractivity contribution in [1.82, 2.24) is 5.32 Å². The molecule has 0 aliphatic carbocycles. The molecule has 0 heterocycles. The zero-order chi connectivity index (χ0) is 6.57. The fourth-order valence-corrected chi connectivity index (χ4v) is 0.500. The highest BCUT2D eigenvalue weighted by Gasteiger charge is 1.99. The molecule has 1 atom stereocenters. The lowest BCUT2D eigenvalue weighted by Gasteiger charge is -2.11. The molecule has 0 saturated carbocycles. The SMILES string of the molecule is CC(C)NC(C)OO. The lowest BCUT2D eigenvalue weighted by molar-refractivity contribution is -0.282. The molecule has 0 aliphatic rings. The molecule has 0 amide bonds. The summed E-state index contributed by atoms with van der Waals surface area (Å²) in [5.74, 6) is 0. The summed E-state index contributed by atoms with van der Waals surface area (Å²) in [7, 11) is 0. The Bertz CT molecular complexity index is 56.4. The topological polar surface area (TPSA) is 41.5 Å². The molecule has 3 nitrogen and oxygen atoms in total. The van der Waals surface area contributed by atoms with Crippen molar-refractivity contribution in [3.63, 3.8) is 0 Å². The van der Waals surface area contributed by atoms with Crippen LogP contribution in [0.15, 0.2) is 0 Å². The van der Waals surface area contributed by atoms with E-state index >= 15 is 0 Å². The summed E-state index contributed by atoms with van der Waals surface area (Å²) in [6.45, 7) is 5.70. The van der Waals surface area contributed by atoms with Crippen molar-refractivity contribution in [2.45, 2.75) is 33.0 Å². The van der Waals surface area contributed by atoms with Crippen molar-refractivity contribution >= 4 is 0 Å². The smallest absolute Gasteiger partial charge is 0.140 e. The standard InChI is InChI=1S/C5H13NO2/c1-4(2)6-5(3)8-7/h4-7H,1-3H3. The van der Waals surface area contributed by atoms with Crippen molar-refractivity contribution in [1.29, 1.82) is 0 Å². The number of nitrogens with one attached hydrogen (secondary N) is 1. The van der Waals surface area contributed by atoms with Gasteiger partial charge in [0.2, 0.25) is 0 Å². The van der Waals surface area contributed by atoms with Gasteiger partial charge in [0.25, 0.3) is 0 Å². The monoisotopic (exact) mass is 119 g/mol. The Labute approximate surface area is 49.6 Å². The van der Waals surface area contributed by atoms with Crippen LogP contribution in [0.1, 0.15) is 20.8 Å². The van der Waals surface area contributed by atoms with Crippen LogP contribution in [0, 0.1) is 0 Å². The highest BCUT2D eigenvalue weighted by molar-refractivity contribution is 4.51. The number of hydrogen-bond acceptors (Lipinski definition) is 3. The Morgan fingerprint density at radius 3 is 2.00 bits per heavy atom. The van der Waals surface area contributed by atoms with E-state index in [2.05, 4.69) is 10.2 Å². The molecular weight excluding hydrogens is 106 g/mol. The summed E-state index contributed by atoms with van der Waals surface area (Å²) >= 11 is 0. The van der Waals surface area contributed by atoms with Gasteiger partial charge in [0.15, 0.2) is 0 Å². The second-order valence-electron chi connectivity index (χ2n) is 2.07. The minimum Gasteiger partial charge on any atom is -0.287 e. The van der Waals surface area contributed by atoms with E-state index in [4.69, 9.17) is 5.26 Å². The molecule has 0 aromatic carbocycles. The summed E-state index contributed by atoms with van der Waals surface area (Å²) in [5.41, 5.74) is 0. The molecule has 0 aliphatic heterocycles. The van der Waals surface area contributed by atoms with Gasteiger partial charge in [-0.15, -0.1) is 0 Å². The normalized spacial score (nSPS) is 14.6. The Kier molecular flexibility index (Phi) is 3.77. The molecule has 1 unspecified atom stereocenters. The van der Waals surface area contributed by atoms with Gasteiger partial charge in [-0.2, -0.15) is 0 Å². The van der Waals surface area contributed by atoms with E-state index in [1.807, 2.05) is 13.8 Å². The highest BCUT2D eigenvalue weighted by atomic mass is 17.1. The average molecular weight is 119 g/mol. The van der Waals surface area contributed by atoms with E-state index in [-0.39, 0.29) is 6.23 Å². The molecule has 8 heavy (non-hydrogen) atoms. The van der Waals surface area contributed by atoms with Gasteiger partial charge >= 0.3 is 0 Å². The van der Waals surface area contributed by atoms with E-state index in [0.717, 1.165) is 0 Å². The van der Waals surface area contributed by atoms with Gasteiger partial charge in [0.1, 0.15) is 6.23 Å². The average Bonchev–Trinajstić information content (AvgIpc) is 1.65. The first-order valence-corrected chi connectivity index (χ1v) is 2.73. The molecule has 50 valence electrons. The van der Waals surface area contributed by atoms with Gasteiger partial charge in [-0.25, -0.2) is 4.89 Å². The molecule has 0 aromatic heterocycles. The molecule has 0 spiro atoms. The van der Waals surface area contributed by atoms with Crippen LogP contribution in [0.5, 0.6) is 0 Å². The number of hydrogen-bond donors (Lipinski definition) is 2. The fraction of sp³-hybridized carbons (Fsp3) is 1.00. The largest absolute Gasteiger partial charge is 0.287 e. The Hall–Kier alpha value is -0.120. The van der Waals surface area contributed by atoms with Crippen molar-refractivity contribution in [2.75, 3.05) is 0 Å². The molecule has 0 saturated heterocycles. The van der Waals surface area contributed by atoms with E-state index in [1.54, 1.807) is 6.92 Å². The summed E-state index contributed by atoms with van der Waals surface area (Å²) in [6.07, 6.45) is -0.269. The van der Waals surface area contributed by atoms with Crippen LogP contribution in [0.4, 0.5) is 0 Å². The zero-order valence-corrected chi connectivity index (χ0v) is 5.51.